The number of nitrogens with zero attached hydrogens (tertiary/aromatic N) is 1. The fourth-order valence-electron chi connectivity index (χ4n) is 3.37. The number of sulfone groups is 1. The van der Waals surface area contributed by atoms with E-state index in [1.54, 1.807) is 18.2 Å². The highest BCUT2D eigenvalue weighted by atomic mass is 32.2. The third kappa shape index (κ3) is 4.79. The molecule has 1 saturated carbocycles. The van der Waals surface area contributed by atoms with E-state index in [9.17, 15) is 13.2 Å². The van der Waals surface area contributed by atoms with Crippen LogP contribution in [0.15, 0.2) is 64.2 Å². The molecule has 0 spiro atoms. The van der Waals surface area contributed by atoms with Crippen molar-refractivity contribution in [2.24, 2.45) is 0 Å². The Bertz CT molecular complexity index is 1270. The van der Waals surface area contributed by atoms with Crippen LogP contribution in [-0.2, 0) is 9.84 Å². The molecule has 1 fully saturated rings. The molecule has 2 N–H and O–H groups in total. The van der Waals surface area contributed by atoms with Crippen molar-refractivity contribution in [3.05, 3.63) is 76.3 Å². The van der Waals surface area contributed by atoms with Crippen molar-refractivity contribution in [3.63, 3.8) is 0 Å². The van der Waals surface area contributed by atoms with Gasteiger partial charge in [-0.1, -0.05) is 18.2 Å². The minimum Gasteiger partial charge on any atom is -0.309 e. The molecule has 4 rings (SSSR count). The molecule has 0 atom stereocenters. The molecule has 0 bridgehead atoms. The van der Waals surface area contributed by atoms with Crippen molar-refractivity contribution in [2.75, 3.05) is 16.4 Å². The van der Waals surface area contributed by atoms with Gasteiger partial charge in [0, 0.05) is 24.1 Å². The molecule has 0 aliphatic heterocycles. The molecule has 8 heteroatoms. The van der Waals surface area contributed by atoms with Gasteiger partial charge in [-0.05, 0) is 59.1 Å². The monoisotopic (exact) mass is 451 g/mol. The number of rotatable bonds is 6. The predicted molar refractivity (Wildman–Crippen MR) is 124 cm³/mol. The lowest BCUT2D eigenvalue weighted by molar-refractivity contribution is 0.262. The van der Waals surface area contributed by atoms with Crippen LogP contribution in [0, 0.1) is 13.5 Å². The topological polar surface area (TPSA) is 79.6 Å². The number of urea groups is 1. The highest BCUT2D eigenvalue weighted by Gasteiger charge is 2.54. The minimum atomic E-state index is -3.66. The summed E-state index contributed by atoms with van der Waals surface area (Å²) >= 11 is 1.52. The summed E-state index contributed by atoms with van der Waals surface area (Å²) in [6.07, 6.45) is 1.21. The maximum atomic E-state index is 12.9. The third-order valence-electron chi connectivity index (χ3n) is 5.23. The fraction of sp³-hybridized carbons (Fsp3) is 0.217. The maximum absolute atomic E-state index is 12.9. The summed E-state index contributed by atoms with van der Waals surface area (Å²) in [5.74, 6) is -0.198. The second-order valence-corrected chi connectivity index (χ2v) is 10.5. The summed E-state index contributed by atoms with van der Waals surface area (Å²) < 4.78 is 25.9. The smallest absolute Gasteiger partial charge is 0.309 e. The third-order valence-corrected chi connectivity index (χ3v) is 7.80. The average Bonchev–Trinajstić information content (AvgIpc) is 3.27. The first kappa shape index (κ1) is 21.1. The van der Waals surface area contributed by atoms with E-state index in [-0.39, 0.29) is 10.6 Å². The van der Waals surface area contributed by atoms with E-state index in [4.69, 9.17) is 6.57 Å². The van der Waals surface area contributed by atoms with Gasteiger partial charge >= 0.3 is 6.03 Å². The van der Waals surface area contributed by atoms with Gasteiger partial charge in [-0.3, -0.25) is 0 Å². The first-order chi connectivity index (χ1) is 14.8. The minimum absolute atomic E-state index is 0.104. The molecule has 31 heavy (non-hydrogen) atoms. The largest absolute Gasteiger partial charge is 0.323 e. The van der Waals surface area contributed by atoms with Gasteiger partial charge in [0.15, 0.2) is 9.84 Å². The lowest BCUT2D eigenvalue weighted by atomic mass is 10.1. The number of benzene rings is 2. The second kappa shape index (κ2) is 8.17. The molecule has 2 amide bonds. The Hall–Kier alpha value is -3.15. The molecule has 1 aromatic heterocycles. The van der Waals surface area contributed by atoms with E-state index in [1.165, 1.54) is 17.4 Å². The number of amides is 2. The summed E-state index contributed by atoms with van der Waals surface area (Å²) in [7, 11) is -3.66. The van der Waals surface area contributed by atoms with Gasteiger partial charge in [-0.2, -0.15) is 11.3 Å². The Kier molecular flexibility index (Phi) is 5.56. The van der Waals surface area contributed by atoms with Gasteiger partial charge in [0.05, 0.1) is 10.6 Å². The number of nitrogens with one attached hydrogen (secondary N) is 2. The van der Waals surface area contributed by atoms with Crippen LogP contribution < -0.4 is 10.6 Å². The molecule has 1 aliphatic carbocycles. The Morgan fingerprint density at radius 1 is 1.16 bits per heavy atom. The first-order valence-corrected chi connectivity index (χ1v) is 12.3. The van der Waals surface area contributed by atoms with Crippen LogP contribution in [0.4, 0.5) is 16.2 Å². The van der Waals surface area contributed by atoms with Gasteiger partial charge < -0.3 is 15.5 Å². The normalized spacial score (nSPS) is 14.5. The van der Waals surface area contributed by atoms with Crippen molar-refractivity contribution in [3.8, 4) is 11.1 Å². The van der Waals surface area contributed by atoms with Crippen LogP contribution in [0.1, 0.15) is 18.4 Å². The van der Waals surface area contributed by atoms with E-state index in [1.807, 2.05) is 41.9 Å². The Morgan fingerprint density at radius 3 is 2.61 bits per heavy atom. The van der Waals surface area contributed by atoms with Crippen molar-refractivity contribution in [1.29, 1.82) is 0 Å². The highest BCUT2D eigenvalue weighted by molar-refractivity contribution is 7.91. The zero-order chi connectivity index (χ0) is 22.1. The van der Waals surface area contributed by atoms with E-state index in [0.717, 1.165) is 16.7 Å². The molecule has 2 aromatic carbocycles. The Labute approximate surface area is 185 Å². The van der Waals surface area contributed by atoms with Gasteiger partial charge in [-0.25, -0.2) is 19.8 Å². The van der Waals surface area contributed by atoms with E-state index >= 15 is 0 Å². The van der Waals surface area contributed by atoms with Crippen LogP contribution >= 0.6 is 11.3 Å². The Balaban J connectivity index is 1.64. The molecule has 6 nitrogen and oxygen atoms in total. The molecule has 0 radical (unpaired) electrons. The van der Waals surface area contributed by atoms with Crippen LogP contribution in [-0.4, -0.2) is 25.7 Å². The molecular formula is C23H21N3O3S2. The van der Waals surface area contributed by atoms with Gasteiger partial charge in [0.1, 0.15) is 5.75 Å². The number of carbonyl (C=O) groups excluding carboxylic acids is 1. The van der Waals surface area contributed by atoms with Crippen molar-refractivity contribution >= 4 is 38.6 Å². The lowest BCUT2D eigenvalue weighted by Crippen LogP contribution is -2.21. The molecule has 3 aromatic rings. The number of anilines is 2. The number of hydrogen-bond donors (Lipinski definition) is 2. The molecule has 0 saturated heterocycles. The van der Waals surface area contributed by atoms with Gasteiger partial charge in [-0.15, -0.1) is 0 Å². The van der Waals surface area contributed by atoms with Gasteiger partial charge in [0.25, 0.3) is 0 Å². The van der Waals surface area contributed by atoms with Crippen LogP contribution in [0.2, 0.25) is 0 Å². The van der Waals surface area contributed by atoms with Crippen LogP contribution in [0.5, 0.6) is 0 Å². The number of carbonyl (C=O) groups is 1. The molecular weight excluding hydrogens is 430 g/mol. The van der Waals surface area contributed by atoms with Crippen LogP contribution in [0.3, 0.4) is 0 Å². The summed E-state index contributed by atoms with van der Waals surface area (Å²) in [5.41, 5.74) is 2.88. The fourth-order valence-corrected chi connectivity index (χ4v) is 5.82. The SMILES string of the molecule is [C-]#[N+]C1(CS(=O)(=O)c2ccc(-c3ccsc3)c(NC(=O)Nc3cccc(C)c3)c2)CC1. The van der Waals surface area contributed by atoms with Gasteiger partial charge in [0.2, 0.25) is 5.54 Å². The molecule has 1 aliphatic rings. The van der Waals surface area contributed by atoms with E-state index < -0.39 is 21.4 Å². The molecule has 0 unspecified atom stereocenters. The summed E-state index contributed by atoms with van der Waals surface area (Å²) in [4.78, 5) is 16.3. The average molecular weight is 452 g/mol. The number of hydrogen-bond acceptors (Lipinski definition) is 4. The van der Waals surface area contributed by atoms with Crippen LogP contribution in [0.25, 0.3) is 16.0 Å². The Morgan fingerprint density at radius 2 is 1.97 bits per heavy atom. The summed E-state index contributed by atoms with van der Waals surface area (Å²) in [6.45, 7) is 9.22. The predicted octanol–water partition coefficient (Wildman–Crippen LogP) is 5.59. The molecule has 1 heterocycles. The van der Waals surface area contributed by atoms with Crippen molar-refractivity contribution in [2.45, 2.75) is 30.2 Å². The van der Waals surface area contributed by atoms with E-state index in [2.05, 4.69) is 15.5 Å². The van der Waals surface area contributed by atoms with E-state index in [0.29, 0.717) is 24.2 Å². The quantitative estimate of drug-likeness (QED) is 0.479. The van der Waals surface area contributed by atoms with Crippen molar-refractivity contribution < 1.29 is 13.2 Å². The summed E-state index contributed by atoms with van der Waals surface area (Å²) in [5, 5.41) is 9.44. The number of aryl methyl sites for hydroxylation is 1. The van der Waals surface area contributed by atoms with Crippen molar-refractivity contribution in [1.82, 2.24) is 0 Å². The summed E-state index contributed by atoms with van der Waals surface area (Å²) in [6, 6.07) is 13.6. The highest BCUT2D eigenvalue weighted by Crippen LogP contribution is 2.42. The zero-order valence-electron chi connectivity index (χ0n) is 16.9. The molecule has 158 valence electrons. The maximum Gasteiger partial charge on any atom is 0.323 e. The standard InChI is InChI=1S/C23H21N3O3S2/c1-16-4-3-5-18(12-16)25-22(27)26-21-13-19(6-7-20(21)17-8-11-30-14-17)31(28,29)15-23(24-2)9-10-23/h3-8,11-14H,9-10,15H2,1H3,(H2,25,26,27). The first-order valence-electron chi connectivity index (χ1n) is 9.73. The zero-order valence-corrected chi connectivity index (χ0v) is 18.5. The lowest BCUT2D eigenvalue weighted by Gasteiger charge is -2.14. The second-order valence-electron chi connectivity index (χ2n) is 7.76. The number of thiophene rings is 1.